The monoisotopic (exact) mass is 483 g/mol. The van der Waals surface area contributed by atoms with Crippen LogP contribution in [-0.2, 0) is 16.6 Å². The van der Waals surface area contributed by atoms with Gasteiger partial charge in [0.1, 0.15) is 0 Å². The molecule has 1 radical (unpaired) electrons. The van der Waals surface area contributed by atoms with Gasteiger partial charge in [-0.1, -0.05) is 0 Å². The SMILES string of the molecule is Cc1cc([As]c2nc(-c3cccc(CNS(=O)(=O)C4CC4)c3)cc3nccn23)n[nH]1. The molecule has 10 heteroatoms. The molecule has 153 valence electrons. The molecule has 1 fully saturated rings. The summed E-state index contributed by atoms with van der Waals surface area (Å²) >= 11 is -0.417. The van der Waals surface area contributed by atoms with Gasteiger partial charge in [0.2, 0.25) is 0 Å². The zero-order valence-electron chi connectivity index (χ0n) is 16.3. The van der Waals surface area contributed by atoms with Crippen LogP contribution in [0.5, 0.6) is 0 Å². The van der Waals surface area contributed by atoms with Gasteiger partial charge in [0, 0.05) is 0 Å². The fraction of sp³-hybridized carbons (Fsp3) is 0.250. The Balaban J connectivity index is 1.45. The van der Waals surface area contributed by atoms with Gasteiger partial charge in [-0.25, -0.2) is 0 Å². The van der Waals surface area contributed by atoms with Crippen LogP contribution in [0.3, 0.4) is 0 Å². The Hall–Kier alpha value is -2.48. The Kier molecular flexibility index (Phi) is 4.97. The number of H-pyrrole nitrogens is 1. The Morgan fingerprint density at radius 1 is 1.27 bits per heavy atom. The summed E-state index contributed by atoms with van der Waals surface area (Å²) in [6.45, 7) is 2.26. The van der Waals surface area contributed by atoms with Gasteiger partial charge in [-0.05, 0) is 0 Å². The maximum atomic E-state index is 12.1. The van der Waals surface area contributed by atoms with E-state index in [4.69, 9.17) is 4.98 Å². The first-order chi connectivity index (χ1) is 14.5. The van der Waals surface area contributed by atoms with Crippen LogP contribution in [-0.4, -0.2) is 54.0 Å². The van der Waals surface area contributed by atoms with Crippen molar-refractivity contribution in [3.05, 3.63) is 60.0 Å². The number of rotatable bonds is 7. The van der Waals surface area contributed by atoms with Crippen LogP contribution < -0.4 is 13.8 Å². The molecular weight excluding hydrogens is 463 g/mol. The minimum absolute atomic E-state index is 0.221. The minimum atomic E-state index is -3.21. The fourth-order valence-electron chi connectivity index (χ4n) is 3.22. The summed E-state index contributed by atoms with van der Waals surface area (Å²) < 4.78 is 30.9. The van der Waals surface area contributed by atoms with E-state index >= 15 is 0 Å². The van der Waals surface area contributed by atoms with Gasteiger partial charge in [0.15, 0.2) is 0 Å². The summed E-state index contributed by atoms with van der Waals surface area (Å²) in [5.41, 5.74) is 4.51. The molecule has 0 amide bonds. The molecule has 30 heavy (non-hydrogen) atoms. The molecule has 4 aromatic rings. The molecule has 0 bridgehead atoms. The molecule has 1 saturated carbocycles. The van der Waals surface area contributed by atoms with Crippen molar-refractivity contribution in [1.29, 1.82) is 0 Å². The molecule has 3 heterocycles. The predicted molar refractivity (Wildman–Crippen MR) is 116 cm³/mol. The Morgan fingerprint density at radius 3 is 2.90 bits per heavy atom. The van der Waals surface area contributed by atoms with Crippen molar-refractivity contribution >= 4 is 40.5 Å². The zero-order chi connectivity index (χ0) is 20.7. The van der Waals surface area contributed by atoms with Gasteiger partial charge >= 0.3 is 181 Å². The van der Waals surface area contributed by atoms with Crippen molar-refractivity contribution in [2.24, 2.45) is 0 Å². The average molecular weight is 483 g/mol. The second-order valence-corrected chi connectivity index (χ2v) is 11.7. The number of imidazole rings is 1. The summed E-state index contributed by atoms with van der Waals surface area (Å²) in [6.07, 6.45) is 5.19. The van der Waals surface area contributed by atoms with Gasteiger partial charge in [0.05, 0.1) is 0 Å². The van der Waals surface area contributed by atoms with Crippen molar-refractivity contribution in [2.75, 3.05) is 0 Å². The molecule has 0 atom stereocenters. The van der Waals surface area contributed by atoms with Gasteiger partial charge in [0.25, 0.3) is 0 Å². The van der Waals surface area contributed by atoms with Crippen LogP contribution >= 0.6 is 0 Å². The summed E-state index contributed by atoms with van der Waals surface area (Å²) in [4.78, 5) is 9.36. The average Bonchev–Trinajstić information content (AvgIpc) is 3.37. The fourth-order valence-corrected chi connectivity index (χ4v) is 6.67. The van der Waals surface area contributed by atoms with E-state index < -0.39 is 25.8 Å². The molecule has 5 rings (SSSR count). The summed E-state index contributed by atoms with van der Waals surface area (Å²) in [5, 5.41) is 7.13. The number of aromatic nitrogens is 5. The number of hydrogen-bond donors (Lipinski definition) is 2. The molecule has 0 aliphatic heterocycles. The van der Waals surface area contributed by atoms with Crippen molar-refractivity contribution < 1.29 is 8.42 Å². The van der Waals surface area contributed by atoms with E-state index in [2.05, 4.69) is 19.9 Å². The van der Waals surface area contributed by atoms with E-state index in [-0.39, 0.29) is 11.8 Å². The first kappa shape index (κ1) is 19.5. The second kappa shape index (κ2) is 7.65. The van der Waals surface area contributed by atoms with Crippen molar-refractivity contribution in [1.82, 2.24) is 29.3 Å². The van der Waals surface area contributed by atoms with E-state index in [9.17, 15) is 8.42 Å². The number of hydrogen-bond acceptors (Lipinski definition) is 5. The Morgan fingerprint density at radius 2 is 2.13 bits per heavy atom. The summed E-state index contributed by atoms with van der Waals surface area (Å²) in [6, 6.07) is 11.8. The molecule has 0 saturated heterocycles. The number of aryl methyl sites for hydroxylation is 1. The van der Waals surface area contributed by atoms with Crippen LogP contribution in [0.1, 0.15) is 24.1 Å². The second-order valence-electron chi connectivity index (χ2n) is 7.38. The number of sulfonamides is 1. The quantitative estimate of drug-likeness (QED) is 0.376. The van der Waals surface area contributed by atoms with Crippen molar-refractivity contribution in [2.45, 2.75) is 31.6 Å². The van der Waals surface area contributed by atoms with Crippen LogP contribution in [0.15, 0.2) is 48.8 Å². The van der Waals surface area contributed by atoms with Crippen LogP contribution in [0.4, 0.5) is 0 Å². The first-order valence-electron chi connectivity index (χ1n) is 9.64. The van der Waals surface area contributed by atoms with E-state index in [1.807, 2.05) is 53.9 Å². The van der Waals surface area contributed by atoms with Gasteiger partial charge in [-0.15, -0.1) is 0 Å². The van der Waals surface area contributed by atoms with E-state index in [0.29, 0.717) is 0 Å². The predicted octanol–water partition coefficient (Wildman–Crippen LogP) is 0.665. The third-order valence-electron chi connectivity index (χ3n) is 4.94. The third-order valence-corrected chi connectivity index (χ3v) is 8.88. The molecule has 8 nitrogen and oxygen atoms in total. The molecular formula is C20H20AsN6O2S. The van der Waals surface area contributed by atoms with Crippen LogP contribution in [0, 0.1) is 6.92 Å². The molecule has 3 aromatic heterocycles. The van der Waals surface area contributed by atoms with E-state index in [1.165, 1.54) is 0 Å². The zero-order valence-corrected chi connectivity index (χ0v) is 19.0. The standard InChI is InChI=1S/C20H20AsN6O2S/c1-13-9-18(26-25-13)21-20-24-17(11-19-22-7-8-27(19)20)15-4-2-3-14(10-15)12-23-30(28,29)16-5-6-16/h2-4,7-11,16,23H,5-6,12H2,1H3,(H,25,26). The molecule has 0 unspecified atom stereocenters. The van der Waals surface area contributed by atoms with Crippen LogP contribution in [0.2, 0.25) is 0 Å². The summed E-state index contributed by atoms with van der Waals surface area (Å²) in [7, 11) is -3.21. The third kappa shape index (κ3) is 4.05. The van der Waals surface area contributed by atoms with Crippen molar-refractivity contribution in [3.63, 3.8) is 0 Å². The number of aromatic amines is 1. The van der Waals surface area contributed by atoms with Gasteiger partial charge in [-0.2, -0.15) is 0 Å². The number of benzene rings is 1. The number of fused-ring (bicyclic) bond motifs is 1. The Bertz CT molecular complexity index is 1330. The topological polar surface area (TPSA) is 105 Å². The van der Waals surface area contributed by atoms with Gasteiger partial charge in [-0.3, -0.25) is 0 Å². The molecule has 1 aromatic carbocycles. The summed E-state index contributed by atoms with van der Waals surface area (Å²) in [5.74, 6) is 0. The van der Waals surface area contributed by atoms with Crippen LogP contribution in [0.25, 0.3) is 16.9 Å². The molecule has 1 aliphatic rings. The Labute approximate surface area is 180 Å². The molecule has 1 aliphatic carbocycles. The van der Waals surface area contributed by atoms with E-state index in [1.54, 1.807) is 6.20 Å². The normalized spacial score (nSPS) is 14.8. The van der Waals surface area contributed by atoms with Gasteiger partial charge < -0.3 is 0 Å². The first-order valence-corrected chi connectivity index (χ1v) is 13.1. The molecule has 2 N–H and O–H groups in total. The number of nitrogens with zero attached hydrogens (tertiary/aromatic N) is 4. The van der Waals surface area contributed by atoms with Crippen molar-refractivity contribution in [3.8, 4) is 11.3 Å². The molecule has 0 spiro atoms. The number of nitrogens with one attached hydrogen (secondary N) is 2. The maximum absolute atomic E-state index is 12.1. The van der Waals surface area contributed by atoms with E-state index in [0.717, 1.165) is 50.1 Å².